The maximum absolute atomic E-state index is 5.40. The van der Waals surface area contributed by atoms with Crippen LogP contribution in [-0.2, 0) is 0 Å². The molecule has 0 aromatic heterocycles. The molecule has 0 bridgehead atoms. The van der Waals surface area contributed by atoms with Crippen LogP contribution in [0, 0.1) is 0 Å². The van der Waals surface area contributed by atoms with Gasteiger partial charge < -0.3 is 5.73 Å². The molecule has 0 radical (unpaired) electrons. The third-order valence-corrected chi connectivity index (χ3v) is 2.65. The minimum absolute atomic E-state index is 0.792. The Labute approximate surface area is 47.5 Å². The summed E-state index contributed by atoms with van der Waals surface area (Å²) in [4.78, 5) is 0. The first-order chi connectivity index (χ1) is 3.35. The highest BCUT2D eigenvalue weighted by molar-refractivity contribution is 7.37. The summed E-state index contributed by atoms with van der Waals surface area (Å²) in [6.45, 7) is 5.26. The zero-order chi connectivity index (χ0) is 5.70. The minimum Gasteiger partial charge on any atom is -0.330 e. The number of hydrogen-bond donors (Lipinski definition) is 1. The van der Waals surface area contributed by atoms with Gasteiger partial charge in [-0.25, -0.2) is 0 Å². The third kappa shape index (κ3) is 3.02. The Balaban J connectivity index is 2.99. The van der Waals surface area contributed by atoms with Gasteiger partial charge in [0.2, 0.25) is 0 Å². The maximum atomic E-state index is 5.40. The molecule has 0 aliphatic rings. The predicted molar refractivity (Wildman–Crippen MR) is 37.4 cm³/mol. The van der Waals surface area contributed by atoms with Gasteiger partial charge in [-0.1, -0.05) is 6.92 Å². The zero-order valence-electron chi connectivity index (χ0n) is 5.07. The lowest BCUT2D eigenvalue weighted by atomic mass is 10.3. The molecule has 0 aromatic rings. The van der Waals surface area contributed by atoms with Gasteiger partial charge in [0.1, 0.15) is 0 Å². The Morgan fingerprint density at radius 2 is 2.29 bits per heavy atom. The van der Waals surface area contributed by atoms with Crippen LogP contribution in [0.25, 0.3) is 0 Å². The molecule has 2 atom stereocenters. The molecule has 0 saturated heterocycles. The predicted octanol–water partition coefficient (Wildman–Crippen LogP) is 1.03. The van der Waals surface area contributed by atoms with E-state index in [-0.39, 0.29) is 0 Å². The number of nitrogens with two attached hydrogens (primary N) is 1. The normalized spacial score (nSPS) is 15.9. The van der Waals surface area contributed by atoms with Gasteiger partial charge in [-0.3, -0.25) is 0 Å². The molecule has 0 aliphatic heterocycles. The molecule has 0 aromatic carbocycles. The molecule has 0 spiro atoms. The molecule has 44 valence electrons. The van der Waals surface area contributed by atoms with Gasteiger partial charge in [0, 0.05) is 0 Å². The molecule has 0 rings (SSSR count). The van der Waals surface area contributed by atoms with Crippen LogP contribution in [0.15, 0.2) is 0 Å². The fourth-order valence-electron chi connectivity index (χ4n) is 0.489. The standard InChI is InChI=1S/C5H14NP/c1-3-5(4-6)7-2/h5,7H,3-4,6H2,1-2H3. The average molecular weight is 119 g/mol. The molecule has 2 unspecified atom stereocenters. The summed E-state index contributed by atoms with van der Waals surface area (Å²) in [5.41, 5.74) is 6.19. The van der Waals surface area contributed by atoms with E-state index < -0.39 is 0 Å². The summed E-state index contributed by atoms with van der Waals surface area (Å²) < 4.78 is 0. The van der Waals surface area contributed by atoms with Crippen molar-refractivity contribution in [1.82, 2.24) is 0 Å². The van der Waals surface area contributed by atoms with E-state index in [4.69, 9.17) is 5.73 Å². The van der Waals surface area contributed by atoms with Crippen molar-refractivity contribution in [3.05, 3.63) is 0 Å². The van der Waals surface area contributed by atoms with Gasteiger partial charge in [-0.2, -0.15) is 0 Å². The average Bonchev–Trinajstić information content (AvgIpc) is 1.72. The SMILES string of the molecule is CCC(CN)PC. The number of rotatable bonds is 3. The Morgan fingerprint density at radius 1 is 1.71 bits per heavy atom. The Hall–Kier alpha value is 0.390. The largest absolute Gasteiger partial charge is 0.330 e. The summed E-state index contributed by atoms with van der Waals surface area (Å²) in [5.74, 6) is 0. The highest BCUT2D eigenvalue weighted by Crippen LogP contribution is 2.14. The van der Waals surface area contributed by atoms with Crippen LogP contribution >= 0.6 is 8.58 Å². The van der Waals surface area contributed by atoms with Gasteiger partial charge in [-0.05, 0) is 25.3 Å². The Morgan fingerprint density at radius 3 is 2.29 bits per heavy atom. The fourth-order valence-corrected chi connectivity index (χ4v) is 1.13. The van der Waals surface area contributed by atoms with E-state index >= 15 is 0 Å². The molecule has 7 heavy (non-hydrogen) atoms. The van der Waals surface area contributed by atoms with Crippen LogP contribution in [0.3, 0.4) is 0 Å². The van der Waals surface area contributed by atoms with Crippen LogP contribution in [-0.4, -0.2) is 18.9 Å². The van der Waals surface area contributed by atoms with Crippen LogP contribution in [0.2, 0.25) is 0 Å². The van der Waals surface area contributed by atoms with Crippen LogP contribution in [0.5, 0.6) is 0 Å². The topological polar surface area (TPSA) is 26.0 Å². The van der Waals surface area contributed by atoms with Gasteiger partial charge in [-0.15, -0.1) is 8.58 Å². The summed E-state index contributed by atoms with van der Waals surface area (Å²) in [7, 11) is 1.02. The van der Waals surface area contributed by atoms with E-state index in [0.29, 0.717) is 0 Å². The lowest BCUT2D eigenvalue weighted by Gasteiger charge is -2.05. The van der Waals surface area contributed by atoms with Crippen molar-refractivity contribution < 1.29 is 0 Å². The molecule has 0 amide bonds. The van der Waals surface area contributed by atoms with Crippen molar-refractivity contribution in [3.8, 4) is 0 Å². The zero-order valence-corrected chi connectivity index (χ0v) is 6.07. The molecule has 1 nitrogen and oxygen atoms in total. The van der Waals surface area contributed by atoms with Crippen LogP contribution < -0.4 is 5.73 Å². The van der Waals surface area contributed by atoms with Crippen LogP contribution in [0.1, 0.15) is 13.3 Å². The Kier molecular flexibility index (Phi) is 4.80. The molecule has 0 saturated carbocycles. The highest BCUT2D eigenvalue weighted by atomic mass is 31.1. The summed E-state index contributed by atoms with van der Waals surface area (Å²) in [6.07, 6.45) is 1.24. The van der Waals surface area contributed by atoms with Gasteiger partial charge in [0.05, 0.1) is 0 Å². The first kappa shape index (κ1) is 7.39. The molecule has 0 fully saturated rings. The first-order valence-electron chi connectivity index (χ1n) is 2.72. The maximum Gasteiger partial charge on any atom is -0.00120 e. The third-order valence-electron chi connectivity index (χ3n) is 1.19. The van der Waals surface area contributed by atoms with Gasteiger partial charge >= 0.3 is 0 Å². The summed E-state index contributed by atoms with van der Waals surface area (Å²) >= 11 is 0. The van der Waals surface area contributed by atoms with E-state index in [0.717, 1.165) is 20.8 Å². The second kappa shape index (κ2) is 4.55. The summed E-state index contributed by atoms with van der Waals surface area (Å²) in [6, 6.07) is 0. The quantitative estimate of drug-likeness (QED) is 0.552. The lowest BCUT2D eigenvalue weighted by Crippen LogP contribution is -2.13. The van der Waals surface area contributed by atoms with Crippen molar-refractivity contribution in [2.75, 3.05) is 13.2 Å². The first-order valence-corrected chi connectivity index (χ1v) is 4.30. The fraction of sp³-hybridized carbons (Fsp3) is 1.00. The van der Waals surface area contributed by atoms with Crippen molar-refractivity contribution >= 4 is 8.58 Å². The smallest absolute Gasteiger partial charge is 0.00120 e. The minimum atomic E-state index is 0.792. The van der Waals surface area contributed by atoms with Crippen molar-refractivity contribution in [2.24, 2.45) is 5.73 Å². The summed E-state index contributed by atoms with van der Waals surface area (Å²) in [5, 5.41) is 0. The Bertz CT molecular complexity index is 29.6. The van der Waals surface area contributed by atoms with E-state index in [1.54, 1.807) is 0 Å². The molecule has 0 aliphatic carbocycles. The highest BCUT2D eigenvalue weighted by Gasteiger charge is 1.95. The lowest BCUT2D eigenvalue weighted by molar-refractivity contribution is 0.823. The van der Waals surface area contributed by atoms with Crippen molar-refractivity contribution in [2.45, 2.75) is 19.0 Å². The van der Waals surface area contributed by atoms with E-state index in [9.17, 15) is 0 Å². The molecule has 2 N–H and O–H groups in total. The van der Waals surface area contributed by atoms with Crippen LogP contribution in [0.4, 0.5) is 0 Å². The molecular formula is C5H14NP. The van der Waals surface area contributed by atoms with E-state index in [1.807, 2.05) is 0 Å². The monoisotopic (exact) mass is 119 g/mol. The molecule has 0 heterocycles. The number of hydrogen-bond acceptors (Lipinski definition) is 1. The van der Waals surface area contributed by atoms with Crippen molar-refractivity contribution in [3.63, 3.8) is 0 Å². The van der Waals surface area contributed by atoms with Gasteiger partial charge in [0.15, 0.2) is 0 Å². The van der Waals surface area contributed by atoms with Crippen molar-refractivity contribution in [1.29, 1.82) is 0 Å². The van der Waals surface area contributed by atoms with E-state index in [1.165, 1.54) is 6.42 Å². The second-order valence-electron chi connectivity index (χ2n) is 1.63. The van der Waals surface area contributed by atoms with Gasteiger partial charge in [0.25, 0.3) is 0 Å². The molecular weight excluding hydrogens is 105 g/mol. The second-order valence-corrected chi connectivity index (χ2v) is 3.02. The molecule has 2 heteroatoms. The van der Waals surface area contributed by atoms with E-state index in [2.05, 4.69) is 13.6 Å².